The van der Waals surface area contributed by atoms with Gasteiger partial charge in [0, 0.05) is 0 Å². The number of anilines is 1. The molecule has 0 atom stereocenters. The maximum Gasteiger partial charge on any atom is 0.291 e. The van der Waals surface area contributed by atoms with Crippen LogP contribution in [0.25, 0.3) is 0 Å². The van der Waals surface area contributed by atoms with Gasteiger partial charge in [-0.3, -0.25) is 14.8 Å². The Kier molecular flexibility index (Phi) is 5.15. The van der Waals surface area contributed by atoms with Crippen LogP contribution in [0, 0.1) is 10.1 Å². The summed E-state index contributed by atoms with van der Waals surface area (Å²) < 4.78 is 35.7. The maximum atomic E-state index is 11.5. The van der Waals surface area contributed by atoms with Gasteiger partial charge in [-0.05, 0) is 30.3 Å². The lowest BCUT2D eigenvalue weighted by Crippen LogP contribution is -2.10. The van der Waals surface area contributed by atoms with Crippen LogP contribution in [0.5, 0.6) is 17.2 Å². The highest BCUT2D eigenvalue weighted by atomic mass is 35.5. The minimum absolute atomic E-state index is 0.0103. The van der Waals surface area contributed by atoms with Crippen molar-refractivity contribution < 1.29 is 22.8 Å². The standard InChI is InChI=1S/C14H13ClN2O6S/c1-22-9-3-5-10(6-4-9)23-14-8-13(17(18)19)11(15)7-12(14)16-24(2,20)21/h3-8,16H,1-2H3. The molecule has 10 heteroatoms. The molecule has 2 aromatic rings. The molecule has 0 unspecified atom stereocenters. The van der Waals surface area contributed by atoms with Crippen LogP contribution in [0.15, 0.2) is 36.4 Å². The summed E-state index contributed by atoms with van der Waals surface area (Å²) in [4.78, 5) is 10.3. The van der Waals surface area contributed by atoms with Crippen molar-refractivity contribution in [3.63, 3.8) is 0 Å². The second kappa shape index (κ2) is 6.93. The van der Waals surface area contributed by atoms with Gasteiger partial charge in [0.2, 0.25) is 10.0 Å². The second-order valence-corrected chi connectivity index (χ2v) is 6.86. The number of nitrogens with one attached hydrogen (secondary N) is 1. The highest BCUT2D eigenvalue weighted by Crippen LogP contribution is 2.38. The van der Waals surface area contributed by atoms with Gasteiger partial charge in [-0.2, -0.15) is 0 Å². The number of benzene rings is 2. The Balaban J connectivity index is 2.47. The molecule has 0 bridgehead atoms. The number of nitro groups is 1. The number of sulfonamides is 1. The van der Waals surface area contributed by atoms with E-state index in [-0.39, 0.29) is 16.5 Å². The summed E-state index contributed by atoms with van der Waals surface area (Å²) in [6, 6.07) is 8.58. The van der Waals surface area contributed by atoms with E-state index in [0.717, 1.165) is 18.4 Å². The van der Waals surface area contributed by atoms with Crippen molar-refractivity contribution in [2.45, 2.75) is 0 Å². The van der Waals surface area contributed by atoms with E-state index in [1.165, 1.54) is 7.11 Å². The topological polar surface area (TPSA) is 108 Å². The molecule has 2 rings (SSSR count). The van der Waals surface area contributed by atoms with Crippen molar-refractivity contribution in [2.75, 3.05) is 18.1 Å². The highest BCUT2D eigenvalue weighted by molar-refractivity contribution is 7.92. The zero-order valence-corrected chi connectivity index (χ0v) is 14.2. The smallest absolute Gasteiger partial charge is 0.291 e. The van der Waals surface area contributed by atoms with E-state index >= 15 is 0 Å². The first-order valence-electron chi connectivity index (χ1n) is 6.47. The first-order chi connectivity index (χ1) is 11.2. The summed E-state index contributed by atoms with van der Waals surface area (Å²) in [6.07, 6.45) is 0.944. The van der Waals surface area contributed by atoms with Crippen molar-refractivity contribution >= 4 is 33.0 Å². The fraction of sp³-hybridized carbons (Fsp3) is 0.143. The Morgan fingerprint density at radius 2 is 1.75 bits per heavy atom. The number of hydrogen-bond donors (Lipinski definition) is 1. The second-order valence-electron chi connectivity index (χ2n) is 4.71. The Morgan fingerprint density at radius 3 is 2.25 bits per heavy atom. The van der Waals surface area contributed by atoms with Gasteiger partial charge < -0.3 is 9.47 Å². The maximum absolute atomic E-state index is 11.5. The Bertz CT molecular complexity index is 868. The molecule has 24 heavy (non-hydrogen) atoms. The molecular weight excluding hydrogens is 360 g/mol. The number of hydrogen-bond acceptors (Lipinski definition) is 6. The third-order valence-electron chi connectivity index (χ3n) is 2.83. The molecule has 1 N–H and O–H groups in total. The summed E-state index contributed by atoms with van der Waals surface area (Å²) in [7, 11) is -2.12. The molecule has 0 saturated heterocycles. The van der Waals surface area contributed by atoms with E-state index in [1.54, 1.807) is 24.3 Å². The molecular formula is C14H13ClN2O6S. The predicted molar refractivity (Wildman–Crippen MR) is 89.6 cm³/mol. The van der Waals surface area contributed by atoms with Crippen LogP contribution < -0.4 is 14.2 Å². The number of ether oxygens (including phenoxy) is 2. The summed E-state index contributed by atoms with van der Waals surface area (Å²) in [5, 5.41) is 10.8. The molecule has 2 aromatic carbocycles. The number of rotatable bonds is 6. The number of nitrogens with zero attached hydrogens (tertiary/aromatic N) is 1. The van der Waals surface area contributed by atoms with Crippen molar-refractivity contribution in [2.24, 2.45) is 0 Å². The Labute approximate surface area is 143 Å². The van der Waals surface area contributed by atoms with Gasteiger partial charge in [0.15, 0.2) is 5.75 Å². The zero-order valence-electron chi connectivity index (χ0n) is 12.6. The van der Waals surface area contributed by atoms with Crippen LogP contribution in [0.4, 0.5) is 11.4 Å². The molecule has 128 valence electrons. The van der Waals surface area contributed by atoms with E-state index in [9.17, 15) is 18.5 Å². The molecule has 0 fully saturated rings. The summed E-state index contributed by atoms with van der Waals surface area (Å²) in [6.45, 7) is 0. The highest BCUT2D eigenvalue weighted by Gasteiger charge is 2.20. The number of nitro benzene ring substituents is 1. The summed E-state index contributed by atoms with van der Waals surface area (Å²) in [5.74, 6) is 0.879. The largest absolute Gasteiger partial charge is 0.497 e. The van der Waals surface area contributed by atoms with Crippen LogP contribution in [0.1, 0.15) is 0 Å². The normalized spacial score (nSPS) is 11.0. The SMILES string of the molecule is COc1ccc(Oc2cc([N+](=O)[O-])c(Cl)cc2NS(C)(=O)=O)cc1. The quantitative estimate of drug-likeness (QED) is 0.614. The molecule has 0 aliphatic carbocycles. The molecule has 0 spiro atoms. The van der Waals surface area contributed by atoms with Crippen LogP contribution in [0.2, 0.25) is 5.02 Å². The van der Waals surface area contributed by atoms with Crippen molar-refractivity contribution in [1.82, 2.24) is 0 Å². The molecule has 0 aromatic heterocycles. The predicted octanol–water partition coefficient (Wildman–Crippen LogP) is 3.42. The van der Waals surface area contributed by atoms with Crippen molar-refractivity contribution in [3.8, 4) is 17.2 Å². The van der Waals surface area contributed by atoms with Gasteiger partial charge in [-0.25, -0.2) is 8.42 Å². The monoisotopic (exact) mass is 372 g/mol. The van der Waals surface area contributed by atoms with E-state index < -0.39 is 20.6 Å². The van der Waals surface area contributed by atoms with Crippen LogP contribution in [-0.2, 0) is 10.0 Å². The Hall–Kier alpha value is -2.52. The first-order valence-corrected chi connectivity index (χ1v) is 8.74. The molecule has 0 radical (unpaired) electrons. The van der Waals surface area contributed by atoms with Gasteiger partial charge in [0.1, 0.15) is 16.5 Å². The fourth-order valence-electron chi connectivity index (χ4n) is 1.82. The van der Waals surface area contributed by atoms with Crippen molar-refractivity contribution in [3.05, 3.63) is 51.5 Å². The number of halogens is 1. The molecule has 0 aliphatic rings. The van der Waals surface area contributed by atoms with E-state index in [4.69, 9.17) is 21.1 Å². The Morgan fingerprint density at radius 1 is 1.17 bits per heavy atom. The molecule has 0 heterocycles. The third kappa shape index (κ3) is 4.49. The average Bonchev–Trinajstić information content (AvgIpc) is 2.48. The molecule has 0 amide bonds. The van der Waals surface area contributed by atoms with Gasteiger partial charge in [0.25, 0.3) is 5.69 Å². The molecule has 0 aliphatic heterocycles. The number of methoxy groups -OCH3 is 1. The first kappa shape index (κ1) is 17.8. The van der Waals surface area contributed by atoms with Crippen molar-refractivity contribution in [1.29, 1.82) is 0 Å². The minimum atomic E-state index is -3.63. The van der Waals surface area contributed by atoms with Crippen LogP contribution in [0.3, 0.4) is 0 Å². The fourth-order valence-corrected chi connectivity index (χ4v) is 2.61. The lowest BCUT2D eigenvalue weighted by molar-refractivity contribution is -0.384. The van der Waals surface area contributed by atoms with Crippen LogP contribution >= 0.6 is 11.6 Å². The van der Waals surface area contributed by atoms with Gasteiger partial charge >= 0.3 is 0 Å². The van der Waals surface area contributed by atoms with Gasteiger partial charge in [-0.1, -0.05) is 11.6 Å². The average molecular weight is 373 g/mol. The van der Waals surface area contributed by atoms with E-state index in [1.807, 2.05) is 0 Å². The van der Waals surface area contributed by atoms with Gasteiger partial charge in [-0.15, -0.1) is 0 Å². The van der Waals surface area contributed by atoms with E-state index in [0.29, 0.717) is 11.5 Å². The van der Waals surface area contributed by atoms with Gasteiger partial charge in [0.05, 0.1) is 30.0 Å². The lowest BCUT2D eigenvalue weighted by atomic mass is 10.2. The lowest BCUT2D eigenvalue weighted by Gasteiger charge is -2.13. The zero-order chi connectivity index (χ0) is 17.9. The van der Waals surface area contributed by atoms with E-state index in [2.05, 4.69) is 4.72 Å². The summed E-state index contributed by atoms with van der Waals surface area (Å²) >= 11 is 5.82. The molecule has 0 saturated carbocycles. The minimum Gasteiger partial charge on any atom is -0.497 e. The third-order valence-corrected chi connectivity index (χ3v) is 3.72. The summed E-state index contributed by atoms with van der Waals surface area (Å²) in [5.41, 5.74) is -0.414. The molecule has 8 nitrogen and oxygen atoms in total. The van der Waals surface area contributed by atoms with Crippen LogP contribution in [-0.4, -0.2) is 26.7 Å².